The first-order chi connectivity index (χ1) is 14.3. The number of hydrogen-bond donors (Lipinski definition) is 1. The number of hydrogen-bond acceptors (Lipinski definition) is 3. The van der Waals surface area contributed by atoms with Crippen molar-refractivity contribution in [2.24, 2.45) is 0 Å². The molecule has 9 heteroatoms. The second-order valence-corrected chi connectivity index (χ2v) is 7.40. The monoisotopic (exact) mass is 439 g/mol. The lowest BCUT2D eigenvalue weighted by molar-refractivity contribution is -0.122. The Labute approximate surface area is 177 Å². The Hall–Kier alpha value is -2.58. The molecule has 2 aromatic rings. The number of carbonyl (C=O) groups excluding carboxylic acids is 2. The standard InChI is InChI=1S/C21H21ClF3N3O2/c22-17-12-14(23)4-5-15(17)21(30)28-10-8-27(9-11-28)13-20(29)26-7-6-16-18(24)2-1-3-19(16)25/h1-5,12H,6-11,13H2,(H,26,29). The van der Waals surface area contributed by atoms with Gasteiger partial charge in [-0.1, -0.05) is 17.7 Å². The lowest BCUT2D eigenvalue weighted by Crippen LogP contribution is -2.51. The largest absolute Gasteiger partial charge is 0.355 e. The summed E-state index contributed by atoms with van der Waals surface area (Å²) in [7, 11) is 0. The van der Waals surface area contributed by atoms with E-state index in [0.29, 0.717) is 26.2 Å². The maximum Gasteiger partial charge on any atom is 0.255 e. The molecule has 1 heterocycles. The molecule has 1 N–H and O–H groups in total. The Morgan fingerprint density at radius 2 is 1.67 bits per heavy atom. The van der Waals surface area contributed by atoms with Gasteiger partial charge in [0.25, 0.3) is 5.91 Å². The smallest absolute Gasteiger partial charge is 0.255 e. The van der Waals surface area contributed by atoms with Crippen LogP contribution in [0.3, 0.4) is 0 Å². The molecule has 0 saturated carbocycles. The van der Waals surface area contributed by atoms with Crippen LogP contribution >= 0.6 is 11.6 Å². The van der Waals surface area contributed by atoms with Crippen molar-refractivity contribution in [2.75, 3.05) is 39.3 Å². The van der Waals surface area contributed by atoms with Gasteiger partial charge in [-0.3, -0.25) is 14.5 Å². The number of halogens is 4. The molecule has 2 aromatic carbocycles. The summed E-state index contributed by atoms with van der Waals surface area (Å²) in [6.07, 6.45) is 0.0605. The van der Waals surface area contributed by atoms with Crippen molar-refractivity contribution in [1.29, 1.82) is 0 Å². The van der Waals surface area contributed by atoms with E-state index in [-0.39, 0.29) is 47.5 Å². The second kappa shape index (κ2) is 9.95. The number of piperazine rings is 1. The molecule has 0 aromatic heterocycles. The predicted molar refractivity (Wildman–Crippen MR) is 107 cm³/mol. The van der Waals surface area contributed by atoms with Gasteiger partial charge in [0, 0.05) is 38.3 Å². The van der Waals surface area contributed by atoms with Crippen molar-refractivity contribution >= 4 is 23.4 Å². The van der Waals surface area contributed by atoms with Crippen molar-refractivity contribution in [3.05, 3.63) is 70.0 Å². The molecule has 0 spiro atoms. The Kier molecular flexibility index (Phi) is 7.33. The lowest BCUT2D eigenvalue weighted by Gasteiger charge is -2.34. The summed E-state index contributed by atoms with van der Waals surface area (Å²) < 4.78 is 40.4. The van der Waals surface area contributed by atoms with Gasteiger partial charge >= 0.3 is 0 Å². The van der Waals surface area contributed by atoms with Crippen molar-refractivity contribution in [3.8, 4) is 0 Å². The van der Waals surface area contributed by atoms with Crippen molar-refractivity contribution < 1.29 is 22.8 Å². The molecule has 2 amide bonds. The summed E-state index contributed by atoms with van der Waals surface area (Å²) in [5.74, 6) is -2.31. The van der Waals surface area contributed by atoms with E-state index in [1.54, 1.807) is 4.90 Å². The number of benzene rings is 2. The maximum absolute atomic E-state index is 13.6. The Balaban J connectivity index is 1.43. The average molecular weight is 440 g/mol. The van der Waals surface area contributed by atoms with Gasteiger partial charge < -0.3 is 10.2 Å². The van der Waals surface area contributed by atoms with Crippen LogP contribution in [0.15, 0.2) is 36.4 Å². The van der Waals surface area contributed by atoms with E-state index in [9.17, 15) is 22.8 Å². The third-order valence-electron chi connectivity index (χ3n) is 4.95. The predicted octanol–water partition coefficient (Wildman–Crippen LogP) is 2.87. The highest BCUT2D eigenvalue weighted by atomic mass is 35.5. The highest BCUT2D eigenvalue weighted by Gasteiger charge is 2.24. The van der Waals surface area contributed by atoms with Crippen LogP contribution in [0.5, 0.6) is 0 Å². The zero-order chi connectivity index (χ0) is 21.7. The molecule has 1 fully saturated rings. The fraction of sp³-hybridized carbons (Fsp3) is 0.333. The fourth-order valence-corrected chi connectivity index (χ4v) is 3.55. The molecule has 5 nitrogen and oxygen atoms in total. The zero-order valence-electron chi connectivity index (χ0n) is 16.1. The van der Waals surface area contributed by atoms with Crippen LogP contribution < -0.4 is 5.32 Å². The molecule has 0 atom stereocenters. The van der Waals surface area contributed by atoms with Crippen LogP contribution in [0.2, 0.25) is 5.02 Å². The Morgan fingerprint density at radius 3 is 2.30 bits per heavy atom. The molecular formula is C21H21ClF3N3O2. The summed E-state index contributed by atoms with van der Waals surface area (Å²) in [6, 6.07) is 7.30. The first-order valence-electron chi connectivity index (χ1n) is 9.51. The summed E-state index contributed by atoms with van der Waals surface area (Å²) in [5, 5.41) is 2.72. The van der Waals surface area contributed by atoms with E-state index >= 15 is 0 Å². The van der Waals surface area contributed by atoms with E-state index in [1.807, 2.05) is 4.90 Å². The van der Waals surface area contributed by atoms with Crippen LogP contribution in [-0.4, -0.2) is 60.9 Å². The number of rotatable bonds is 6. The second-order valence-electron chi connectivity index (χ2n) is 6.99. The molecule has 160 valence electrons. The molecule has 0 unspecified atom stereocenters. The van der Waals surface area contributed by atoms with Gasteiger partial charge in [-0.2, -0.15) is 0 Å². The van der Waals surface area contributed by atoms with Crippen molar-refractivity contribution in [3.63, 3.8) is 0 Å². The third-order valence-corrected chi connectivity index (χ3v) is 5.26. The maximum atomic E-state index is 13.6. The molecule has 30 heavy (non-hydrogen) atoms. The van der Waals surface area contributed by atoms with Gasteiger partial charge in [0.2, 0.25) is 5.91 Å². The van der Waals surface area contributed by atoms with Crippen LogP contribution in [0.1, 0.15) is 15.9 Å². The lowest BCUT2D eigenvalue weighted by atomic mass is 10.1. The van der Waals surface area contributed by atoms with Crippen LogP contribution in [0.25, 0.3) is 0 Å². The van der Waals surface area contributed by atoms with Gasteiger partial charge in [-0.15, -0.1) is 0 Å². The average Bonchev–Trinajstić information content (AvgIpc) is 2.70. The highest BCUT2D eigenvalue weighted by Crippen LogP contribution is 2.20. The summed E-state index contributed by atoms with van der Waals surface area (Å²) in [6.45, 7) is 2.03. The summed E-state index contributed by atoms with van der Waals surface area (Å²) in [4.78, 5) is 28.2. The normalized spacial score (nSPS) is 14.6. The SMILES string of the molecule is O=C(CN1CCN(C(=O)c2ccc(F)cc2Cl)CC1)NCCc1c(F)cccc1F. The van der Waals surface area contributed by atoms with E-state index in [2.05, 4.69) is 5.32 Å². The molecule has 0 radical (unpaired) electrons. The summed E-state index contributed by atoms with van der Waals surface area (Å²) in [5.41, 5.74) is 0.189. The van der Waals surface area contributed by atoms with Crippen LogP contribution in [-0.2, 0) is 11.2 Å². The molecule has 0 bridgehead atoms. The van der Waals surface area contributed by atoms with E-state index in [1.165, 1.54) is 30.3 Å². The minimum atomic E-state index is -0.633. The number of nitrogens with zero attached hydrogens (tertiary/aromatic N) is 2. The zero-order valence-corrected chi connectivity index (χ0v) is 16.9. The molecule has 3 rings (SSSR count). The molecule has 1 aliphatic heterocycles. The number of nitrogens with one attached hydrogen (secondary N) is 1. The van der Waals surface area contributed by atoms with Gasteiger partial charge in [0.05, 0.1) is 17.1 Å². The topological polar surface area (TPSA) is 52.7 Å². The molecule has 0 aliphatic carbocycles. The fourth-order valence-electron chi connectivity index (χ4n) is 3.30. The van der Waals surface area contributed by atoms with Gasteiger partial charge in [0.15, 0.2) is 0 Å². The minimum Gasteiger partial charge on any atom is -0.355 e. The van der Waals surface area contributed by atoms with Gasteiger partial charge in [-0.25, -0.2) is 13.2 Å². The number of amides is 2. The van der Waals surface area contributed by atoms with Crippen LogP contribution in [0.4, 0.5) is 13.2 Å². The molecule has 1 aliphatic rings. The van der Waals surface area contributed by atoms with Crippen molar-refractivity contribution in [2.45, 2.75) is 6.42 Å². The van der Waals surface area contributed by atoms with E-state index < -0.39 is 17.5 Å². The van der Waals surface area contributed by atoms with E-state index in [0.717, 1.165) is 6.07 Å². The minimum absolute atomic E-state index is 0.0515. The summed E-state index contributed by atoms with van der Waals surface area (Å²) >= 11 is 5.96. The van der Waals surface area contributed by atoms with E-state index in [4.69, 9.17) is 11.6 Å². The van der Waals surface area contributed by atoms with Crippen LogP contribution in [0, 0.1) is 17.5 Å². The third kappa shape index (κ3) is 5.52. The quantitative estimate of drug-likeness (QED) is 0.753. The van der Waals surface area contributed by atoms with Crippen molar-refractivity contribution in [1.82, 2.24) is 15.1 Å². The Bertz CT molecular complexity index is 913. The molecular weight excluding hydrogens is 419 g/mol. The Morgan fingerprint density at radius 1 is 1.00 bits per heavy atom. The van der Waals surface area contributed by atoms with Gasteiger partial charge in [0.1, 0.15) is 17.5 Å². The first kappa shape index (κ1) is 22.1. The first-order valence-corrected chi connectivity index (χ1v) is 9.89. The highest BCUT2D eigenvalue weighted by molar-refractivity contribution is 6.33. The number of carbonyl (C=O) groups is 2. The molecule has 1 saturated heterocycles. The van der Waals surface area contributed by atoms with Gasteiger partial charge in [-0.05, 0) is 36.8 Å².